The summed E-state index contributed by atoms with van der Waals surface area (Å²) in [5, 5.41) is 10.4. The number of thiocarbonyl (C=S) groups is 1. The summed E-state index contributed by atoms with van der Waals surface area (Å²) in [5.74, 6) is 0.249. The topological polar surface area (TPSA) is 110 Å². The molecular weight excluding hydrogens is 607 g/mol. The average Bonchev–Trinajstić information content (AvgIpc) is 2.87. The first-order valence-corrected chi connectivity index (χ1v) is 12.8. The Morgan fingerprint density at radius 1 is 1.22 bits per heavy atom. The molecule has 0 spiro atoms. The average molecular weight is 634 g/mol. The minimum absolute atomic E-state index is 0.234. The summed E-state index contributed by atoms with van der Waals surface area (Å²) in [6.45, 7) is 7.50. The molecule has 0 aromatic heterocycles. The van der Waals surface area contributed by atoms with Crippen LogP contribution < -0.4 is 25.5 Å². The van der Waals surface area contributed by atoms with Gasteiger partial charge < -0.3 is 24.8 Å². The van der Waals surface area contributed by atoms with E-state index in [2.05, 4.69) is 50.3 Å². The van der Waals surface area contributed by atoms with E-state index in [9.17, 15) is 9.59 Å². The van der Waals surface area contributed by atoms with Crippen LogP contribution in [0.4, 0.5) is 0 Å². The van der Waals surface area contributed by atoms with Crippen LogP contribution >= 0.6 is 34.8 Å². The fourth-order valence-electron chi connectivity index (χ4n) is 3.47. The molecule has 2 aromatic rings. The largest absolute Gasteiger partial charge is 0.488 e. The lowest BCUT2D eigenvalue weighted by atomic mass is 9.95. The summed E-state index contributed by atoms with van der Waals surface area (Å²) < 4.78 is 17.5. The predicted octanol–water partition coefficient (Wildman–Crippen LogP) is 3.74. The molecule has 1 amide bonds. The molecule has 0 fully saturated rings. The van der Waals surface area contributed by atoms with E-state index in [1.54, 1.807) is 38.1 Å². The Hall–Kier alpha value is -3.45. The van der Waals surface area contributed by atoms with Crippen molar-refractivity contribution in [3.05, 3.63) is 81.1 Å². The van der Waals surface area contributed by atoms with E-state index in [0.29, 0.717) is 34.3 Å². The Kier molecular flexibility index (Phi) is 10.4. The van der Waals surface area contributed by atoms with Crippen LogP contribution in [0.3, 0.4) is 0 Å². The number of hydrogen-bond acceptors (Lipinski definition) is 7. The minimum Gasteiger partial charge on any atom is -0.488 e. The van der Waals surface area contributed by atoms with Crippen LogP contribution in [-0.4, -0.2) is 43.0 Å². The van der Waals surface area contributed by atoms with Crippen molar-refractivity contribution < 1.29 is 23.8 Å². The van der Waals surface area contributed by atoms with Crippen molar-refractivity contribution in [1.29, 1.82) is 0 Å². The Morgan fingerprint density at radius 3 is 2.73 bits per heavy atom. The zero-order chi connectivity index (χ0) is 26.8. The van der Waals surface area contributed by atoms with Crippen molar-refractivity contribution >= 4 is 58.0 Å². The number of hydrogen-bond donors (Lipinski definition) is 3. The number of amides is 1. The second-order valence-corrected chi connectivity index (χ2v) is 9.27. The van der Waals surface area contributed by atoms with E-state index < -0.39 is 17.9 Å². The van der Waals surface area contributed by atoms with Gasteiger partial charge in [0.25, 0.3) is 5.91 Å². The number of nitrogens with zero attached hydrogens (tertiary/aromatic N) is 1. The standard InChI is InChI=1S/C26H27IN4O5S/c1-4-12-35-21-11-10-17(13-19(21)27)14-28-31-22(32)15-36-20-9-7-6-8-18(20)24-23(25(33)34-5-2)16(3)29-26(37)30-24/h4,6-11,13-14,24H,1,5,12,15H2,2-3H3,(H,31,32)(H2,29,30,37)/t24-/m1/s1. The van der Waals surface area contributed by atoms with Gasteiger partial charge >= 0.3 is 5.97 Å². The maximum Gasteiger partial charge on any atom is 0.338 e. The zero-order valence-electron chi connectivity index (χ0n) is 20.4. The molecule has 1 atom stereocenters. The second-order valence-electron chi connectivity index (χ2n) is 7.70. The molecule has 2 aromatic carbocycles. The first-order valence-electron chi connectivity index (χ1n) is 11.4. The smallest absolute Gasteiger partial charge is 0.338 e. The molecule has 1 aliphatic rings. The normalized spacial score (nSPS) is 15.0. The highest BCUT2D eigenvalue weighted by Crippen LogP contribution is 2.33. The number of allylic oxidation sites excluding steroid dienone is 1. The van der Waals surface area contributed by atoms with E-state index in [1.807, 2.05) is 24.3 Å². The van der Waals surface area contributed by atoms with Gasteiger partial charge in [-0.2, -0.15) is 5.10 Å². The first-order chi connectivity index (χ1) is 17.8. The maximum atomic E-state index is 12.7. The third-order valence-electron chi connectivity index (χ3n) is 5.07. The number of para-hydroxylation sites is 1. The van der Waals surface area contributed by atoms with Crippen molar-refractivity contribution in [2.24, 2.45) is 5.10 Å². The van der Waals surface area contributed by atoms with E-state index in [-0.39, 0.29) is 13.2 Å². The van der Waals surface area contributed by atoms with Crippen LogP contribution in [0.5, 0.6) is 11.5 Å². The van der Waals surface area contributed by atoms with Crippen molar-refractivity contribution in [2.45, 2.75) is 19.9 Å². The van der Waals surface area contributed by atoms with Crippen LogP contribution in [-0.2, 0) is 14.3 Å². The molecule has 11 heteroatoms. The molecule has 194 valence electrons. The third kappa shape index (κ3) is 7.76. The van der Waals surface area contributed by atoms with Crippen molar-refractivity contribution in [2.75, 3.05) is 19.8 Å². The molecule has 9 nitrogen and oxygen atoms in total. The van der Waals surface area contributed by atoms with E-state index in [1.165, 1.54) is 6.21 Å². The molecule has 3 rings (SSSR count). The Balaban J connectivity index is 1.66. The molecule has 1 aliphatic heterocycles. The number of ether oxygens (including phenoxy) is 3. The molecule has 0 radical (unpaired) electrons. The van der Waals surface area contributed by atoms with Crippen LogP contribution in [0, 0.1) is 3.57 Å². The first kappa shape index (κ1) is 28.1. The number of nitrogens with one attached hydrogen (secondary N) is 3. The molecule has 37 heavy (non-hydrogen) atoms. The number of carbonyl (C=O) groups excluding carboxylic acids is 2. The lowest BCUT2D eigenvalue weighted by Crippen LogP contribution is -2.45. The predicted molar refractivity (Wildman–Crippen MR) is 153 cm³/mol. The fourth-order valence-corrected chi connectivity index (χ4v) is 4.44. The maximum absolute atomic E-state index is 12.7. The SMILES string of the molecule is C=CCOc1ccc(C=NNC(=O)COc2ccccc2[C@H]2NC(=S)NC(C)=C2C(=O)OCC)cc1I. The lowest BCUT2D eigenvalue weighted by molar-refractivity contribution is -0.139. The van der Waals surface area contributed by atoms with Gasteiger partial charge in [0.05, 0.1) is 28.0 Å². The van der Waals surface area contributed by atoms with E-state index >= 15 is 0 Å². The summed E-state index contributed by atoms with van der Waals surface area (Å²) >= 11 is 7.46. The fraction of sp³-hybridized carbons (Fsp3) is 0.231. The van der Waals surface area contributed by atoms with Gasteiger partial charge in [0.2, 0.25) is 0 Å². The molecule has 1 heterocycles. The van der Waals surface area contributed by atoms with Gasteiger partial charge in [0, 0.05) is 11.3 Å². The summed E-state index contributed by atoms with van der Waals surface area (Å²) in [7, 11) is 0. The van der Waals surface area contributed by atoms with Gasteiger partial charge in [-0.25, -0.2) is 10.2 Å². The number of benzene rings is 2. The van der Waals surface area contributed by atoms with Gasteiger partial charge in [0.1, 0.15) is 18.1 Å². The highest BCUT2D eigenvalue weighted by atomic mass is 127. The lowest BCUT2D eigenvalue weighted by Gasteiger charge is -2.30. The van der Waals surface area contributed by atoms with Gasteiger partial charge in [-0.1, -0.05) is 30.9 Å². The second kappa shape index (κ2) is 13.7. The van der Waals surface area contributed by atoms with Gasteiger partial charge in [0.15, 0.2) is 11.7 Å². The summed E-state index contributed by atoms with van der Waals surface area (Å²) in [6, 6.07) is 12.0. The Bertz CT molecular complexity index is 1250. The van der Waals surface area contributed by atoms with Crippen molar-refractivity contribution in [1.82, 2.24) is 16.1 Å². The summed E-state index contributed by atoms with van der Waals surface area (Å²) in [5.41, 5.74) is 4.86. The quantitative estimate of drug-likeness (QED) is 0.0857. The van der Waals surface area contributed by atoms with E-state index in [4.69, 9.17) is 26.4 Å². The van der Waals surface area contributed by atoms with Gasteiger partial charge in [-0.05, 0) is 78.5 Å². The molecule has 0 aliphatic carbocycles. The monoisotopic (exact) mass is 634 g/mol. The molecular formula is C26H27IN4O5S. The number of rotatable bonds is 11. The summed E-state index contributed by atoms with van der Waals surface area (Å²) in [6.07, 6.45) is 3.21. The van der Waals surface area contributed by atoms with Crippen LogP contribution in [0.15, 0.2) is 71.5 Å². The summed E-state index contributed by atoms with van der Waals surface area (Å²) in [4.78, 5) is 25.0. The number of halogens is 1. The highest BCUT2D eigenvalue weighted by molar-refractivity contribution is 14.1. The zero-order valence-corrected chi connectivity index (χ0v) is 23.4. The van der Waals surface area contributed by atoms with Crippen LogP contribution in [0.25, 0.3) is 0 Å². The van der Waals surface area contributed by atoms with Crippen molar-refractivity contribution in [3.8, 4) is 11.5 Å². The van der Waals surface area contributed by atoms with Gasteiger partial charge in [-0.3, -0.25) is 4.79 Å². The van der Waals surface area contributed by atoms with E-state index in [0.717, 1.165) is 14.9 Å². The number of hydrazone groups is 1. The molecule has 0 saturated carbocycles. The molecule has 0 bridgehead atoms. The number of esters is 1. The molecule has 3 N–H and O–H groups in total. The molecule has 0 unspecified atom stereocenters. The van der Waals surface area contributed by atoms with Crippen molar-refractivity contribution in [3.63, 3.8) is 0 Å². The van der Waals surface area contributed by atoms with Crippen LogP contribution in [0.1, 0.15) is 31.0 Å². The highest BCUT2D eigenvalue weighted by Gasteiger charge is 2.32. The van der Waals surface area contributed by atoms with Crippen LogP contribution in [0.2, 0.25) is 0 Å². The molecule has 0 saturated heterocycles. The third-order valence-corrected chi connectivity index (χ3v) is 6.13. The number of carbonyl (C=O) groups is 2. The van der Waals surface area contributed by atoms with Gasteiger partial charge in [-0.15, -0.1) is 0 Å². The minimum atomic E-state index is -0.606. The Labute approximate surface area is 234 Å². The Morgan fingerprint density at radius 2 is 2.00 bits per heavy atom.